The molecule has 0 bridgehead atoms. The van der Waals surface area contributed by atoms with E-state index < -0.39 is 0 Å². The molecule has 19 heavy (non-hydrogen) atoms. The van der Waals surface area contributed by atoms with Gasteiger partial charge >= 0.3 is 0 Å². The summed E-state index contributed by atoms with van der Waals surface area (Å²) < 4.78 is 1.69. The molecule has 1 aromatic carbocycles. The van der Waals surface area contributed by atoms with Gasteiger partial charge in [-0.25, -0.2) is 0 Å². The van der Waals surface area contributed by atoms with E-state index >= 15 is 0 Å². The van der Waals surface area contributed by atoms with E-state index in [1.165, 1.54) is 0 Å². The summed E-state index contributed by atoms with van der Waals surface area (Å²) in [5.41, 5.74) is 3.33. The van der Waals surface area contributed by atoms with Crippen LogP contribution in [-0.2, 0) is 13.6 Å². The van der Waals surface area contributed by atoms with Gasteiger partial charge in [-0.05, 0) is 25.6 Å². The largest absolute Gasteiger partial charge is 0.322 e. The smallest absolute Gasteiger partial charge is 0.259 e. The van der Waals surface area contributed by atoms with Gasteiger partial charge < -0.3 is 10.6 Å². The minimum atomic E-state index is -0.130. The third-order valence-corrected chi connectivity index (χ3v) is 3.11. The molecule has 1 heterocycles. The first-order chi connectivity index (χ1) is 9.13. The van der Waals surface area contributed by atoms with Gasteiger partial charge in [0.25, 0.3) is 5.91 Å². The third kappa shape index (κ3) is 2.82. The zero-order valence-electron chi connectivity index (χ0n) is 11.4. The molecule has 0 aliphatic carbocycles. The third-order valence-electron chi connectivity index (χ3n) is 3.11. The lowest BCUT2D eigenvalue weighted by atomic mass is 10.1. The Hall–Kier alpha value is -2.14. The molecule has 1 amide bonds. The highest BCUT2D eigenvalue weighted by molar-refractivity contribution is 6.05. The zero-order valence-corrected chi connectivity index (χ0v) is 11.4. The van der Waals surface area contributed by atoms with E-state index in [4.69, 9.17) is 0 Å². The Morgan fingerprint density at radius 3 is 2.74 bits per heavy atom. The van der Waals surface area contributed by atoms with Gasteiger partial charge in [0.15, 0.2) is 0 Å². The summed E-state index contributed by atoms with van der Waals surface area (Å²) in [7, 11) is 3.70. The minimum absolute atomic E-state index is 0.130. The first kappa shape index (κ1) is 13.3. The monoisotopic (exact) mass is 258 g/mol. The van der Waals surface area contributed by atoms with Gasteiger partial charge in [-0.2, -0.15) is 5.10 Å². The van der Waals surface area contributed by atoms with Crippen LogP contribution in [0.4, 0.5) is 5.69 Å². The van der Waals surface area contributed by atoms with Crippen LogP contribution >= 0.6 is 0 Å². The van der Waals surface area contributed by atoms with Gasteiger partial charge in [-0.15, -0.1) is 0 Å². The van der Waals surface area contributed by atoms with Crippen LogP contribution < -0.4 is 10.6 Å². The number of hydrogen-bond donors (Lipinski definition) is 2. The molecule has 2 rings (SSSR count). The van der Waals surface area contributed by atoms with Gasteiger partial charge in [0.05, 0.1) is 11.8 Å². The maximum atomic E-state index is 12.2. The number of nitrogens with one attached hydrogen (secondary N) is 2. The molecule has 100 valence electrons. The Kier molecular flexibility index (Phi) is 3.97. The van der Waals surface area contributed by atoms with Crippen molar-refractivity contribution in [2.45, 2.75) is 13.5 Å². The Balaban J connectivity index is 2.22. The van der Waals surface area contributed by atoms with Gasteiger partial charge in [-0.3, -0.25) is 9.48 Å². The summed E-state index contributed by atoms with van der Waals surface area (Å²) in [6, 6.07) is 7.75. The lowest BCUT2D eigenvalue weighted by Crippen LogP contribution is -2.16. The maximum Gasteiger partial charge on any atom is 0.259 e. The van der Waals surface area contributed by atoms with Crippen LogP contribution in [0.3, 0.4) is 0 Å². The minimum Gasteiger partial charge on any atom is -0.322 e. The normalized spacial score (nSPS) is 10.5. The number of anilines is 1. The van der Waals surface area contributed by atoms with Crippen molar-refractivity contribution in [2.75, 3.05) is 12.4 Å². The molecule has 0 fully saturated rings. The van der Waals surface area contributed by atoms with E-state index in [1.54, 1.807) is 10.9 Å². The first-order valence-electron chi connectivity index (χ1n) is 6.16. The summed E-state index contributed by atoms with van der Waals surface area (Å²) in [6.07, 6.45) is 1.59. The van der Waals surface area contributed by atoms with Crippen molar-refractivity contribution < 1.29 is 4.79 Å². The van der Waals surface area contributed by atoms with Gasteiger partial charge in [-0.1, -0.05) is 18.2 Å². The summed E-state index contributed by atoms with van der Waals surface area (Å²) in [4.78, 5) is 12.2. The molecule has 0 saturated carbocycles. The molecule has 0 radical (unpaired) electrons. The van der Waals surface area contributed by atoms with Crippen molar-refractivity contribution in [3.8, 4) is 0 Å². The number of benzene rings is 1. The van der Waals surface area contributed by atoms with E-state index in [-0.39, 0.29) is 5.91 Å². The quantitative estimate of drug-likeness (QED) is 0.877. The SMILES string of the molecule is CNCc1ccccc1NC(=O)c1cnn(C)c1C. The van der Waals surface area contributed by atoms with Crippen molar-refractivity contribution in [2.24, 2.45) is 7.05 Å². The Labute approximate surface area is 112 Å². The van der Waals surface area contributed by atoms with Crippen LogP contribution in [0, 0.1) is 6.92 Å². The average Bonchev–Trinajstić information content (AvgIpc) is 2.73. The van der Waals surface area contributed by atoms with Crippen LogP contribution in [0.25, 0.3) is 0 Å². The van der Waals surface area contributed by atoms with Crippen LogP contribution in [0.15, 0.2) is 30.5 Å². The number of rotatable bonds is 4. The average molecular weight is 258 g/mol. The topological polar surface area (TPSA) is 58.9 Å². The maximum absolute atomic E-state index is 12.2. The van der Waals surface area contributed by atoms with E-state index in [2.05, 4.69) is 15.7 Å². The van der Waals surface area contributed by atoms with E-state index in [0.29, 0.717) is 12.1 Å². The van der Waals surface area contributed by atoms with Crippen molar-refractivity contribution in [3.05, 3.63) is 47.3 Å². The van der Waals surface area contributed by atoms with Crippen LogP contribution in [0.1, 0.15) is 21.6 Å². The molecular formula is C14H18N4O. The molecule has 1 aromatic heterocycles. The van der Waals surface area contributed by atoms with Crippen molar-refractivity contribution >= 4 is 11.6 Å². The Morgan fingerprint density at radius 2 is 2.11 bits per heavy atom. The van der Waals surface area contributed by atoms with Gasteiger partial charge in [0.1, 0.15) is 0 Å². The predicted molar refractivity (Wildman–Crippen MR) is 75.1 cm³/mol. The lowest BCUT2D eigenvalue weighted by molar-refractivity contribution is 0.102. The van der Waals surface area contributed by atoms with Crippen LogP contribution in [0.5, 0.6) is 0 Å². The number of carbonyl (C=O) groups excluding carboxylic acids is 1. The van der Waals surface area contributed by atoms with E-state index in [0.717, 1.165) is 16.9 Å². The predicted octanol–water partition coefficient (Wildman–Crippen LogP) is 1.70. The second kappa shape index (κ2) is 5.67. The fourth-order valence-electron chi connectivity index (χ4n) is 1.90. The van der Waals surface area contributed by atoms with E-state index in [9.17, 15) is 4.79 Å². The molecule has 0 spiro atoms. The highest BCUT2D eigenvalue weighted by Gasteiger charge is 2.13. The van der Waals surface area contributed by atoms with Crippen molar-refractivity contribution in [1.82, 2.24) is 15.1 Å². The molecule has 0 aliphatic heterocycles. The Morgan fingerprint density at radius 1 is 1.37 bits per heavy atom. The number of hydrogen-bond acceptors (Lipinski definition) is 3. The summed E-state index contributed by atoms with van der Waals surface area (Å²) in [5.74, 6) is -0.130. The van der Waals surface area contributed by atoms with Crippen molar-refractivity contribution in [1.29, 1.82) is 0 Å². The summed E-state index contributed by atoms with van der Waals surface area (Å²) in [5, 5.41) is 10.1. The molecule has 0 aliphatic rings. The number of aryl methyl sites for hydroxylation is 1. The van der Waals surface area contributed by atoms with Crippen LogP contribution in [0.2, 0.25) is 0 Å². The first-order valence-corrected chi connectivity index (χ1v) is 6.16. The fraction of sp³-hybridized carbons (Fsp3) is 0.286. The second-order valence-corrected chi connectivity index (χ2v) is 4.41. The summed E-state index contributed by atoms with van der Waals surface area (Å²) >= 11 is 0. The molecule has 2 aromatic rings. The number of para-hydroxylation sites is 1. The molecular weight excluding hydrogens is 240 g/mol. The zero-order chi connectivity index (χ0) is 13.8. The molecule has 5 nitrogen and oxygen atoms in total. The number of carbonyl (C=O) groups is 1. The summed E-state index contributed by atoms with van der Waals surface area (Å²) in [6.45, 7) is 2.59. The standard InChI is InChI=1S/C14H18N4O/c1-10-12(9-16-18(10)3)14(19)17-13-7-5-4-6-11(13)8-15-2/h4-7,9,15H,8H2,1-3H3,(H,17,19). The molecule has 0 unspecified atom stereocenters. The van der Waals surface area contributed by atoms with Crippen molar-refractivity contribution in [3.63, 3.8) is 0 Å². The molecule has 2 N–H and O–H groups in total. The molecule has 0 atom stereocenters. The number of amides is 1. The second-order valence-electron chi connectivity index (χ2n) is 4.41. The number of aromatic nitrogens is 2. The van der Waals surface area contributed by atoms with Gasteiger partial charge in [0, 0.05) is 25.0 Å². The van der Waals surface area contributed by atoms with Crippen LogP contribution in [-0.4, -0.2) is 22.7 Å². The number of nitrogens with zero attached hydrogens (tertiary/aromatic N) is 2. The lowest BCUT2D eigenvalue weighted by Gasteiger charge is -2.10. The van der Waals surface area contributed by atoms with E-state index in [1.807, 2.05) is 45.3 Å². The highest BCUT2D eigenvalue weighted by Crippen LogP contribution is 2.16. The fourth-order valence-corrected chi connectivity index (χ4v) is 1.90. The molecule has 5 heteroatoms. The molecule has 0 saturated heterocycles. The highest BCUT2D eigenvalue weighted by atomic mass is 16.1. The van der Waals surface area contributed by atoms with Gasteiger partial charge in [0.2, 0.25) is 0 Å². The Bertz CT molecular complexity index is 589.